The molecule has 0 aromatic heterocycles. The van der Waals surface area contributed by atoms with Crippen molar-refractivity contribution in [1.29, 1.82) is 0 Å². The van der Waals surface area contributed by atoms with Crippen LogP contribution in [0.2, 0.25) is 10.0 Å². The van der Waals surface area contributed by atoms with E-state index in [4.69, 9.17) is 27.9 Å². The molecule has 1 rings (SSSR count). The molecule has 1 N–H and O–H groups in total. The van der Waals surface area contributed by atoms with Crippen molar-refractivity contribution < 1.29 is 19.1 Å². The van der Waals surface area contributed by atoms with E-state index in [2.05, 4.69) is 5.32 Å². The molecule has 0 aliphatic carbocycles. The van der Waals surface area contributed by atoms with Crippen molar-refractivity contribution in [2.75, 3.05) is 14.1 Å². The lowest BCUT2D eigenvalue weighted by Crippen LogP contribution is -2.47. The molecule has 0 radical (unpaired) electrons. The van der Waals surface area contributed by atoms with Crippen molar-refractivity contribution in [2.45, 2.75) is 32.9 Å². The molecule has 25 heavy (non-hydrogen) atoms. The third kappa shape index (κ3) is 5.90. The van der Waals surface area contributed by atoms with Crippen molar-refractivity contribution in [3.05, 3.63) is 33.8 Å². The van der Waals surface area contributed by atoms with Crippen LogP contribution in [-0.4, -0.2) is 48.9 Å². The molecule has 0 aliphatic rings. The fourth-order valence-electron chi connectivity index (χ4n) is 2.05. The number of benzene rings is 1. The number of hydrogen-bond acceptors (Lipinski definition) is 4. The first-order chi connectivity index (χ1) is 11.5. The van der Waals surface area contributed by atoms with E-state index in [1.807, 2.05) is 0 Å². The molecule has 1 aromatic rings. The fraction of sp³-hybridized carbons (Fsp3) is 0.471. The highest BCUT2D eigenvalue weighted by molar-refractivity contribution is 6.36. The second-order valence-corrected chi connectivity index (χ2v) is 6.97. The molecule has 2 amide bonds. The molecule has 138 valence electrons. The largest absolute Gasteiger partial charge is 0.451 e. The predicted octanol–water partition coefficient (Wildman–Crippen LogP) is 2.77. The van der Waals surface area contributed by atoms with Gasteiger partial charge >= 0.3 is 5.97 Å². The summed E-state index contributed by atoms with van der Waals surface area (Å²) in [5.41, 5.74) is 0.196. The monoisotopic (exact) mass is 388 g/mol. The quantitative estimate of drug-likeness (QED) is 0.760. The van der Waals surface area contributed by atoms with Crippen LogP contribution in [-0.2, 0) is 14.3 Å². The fourth-order valence-corrected chi connectivity index (χ4v) is 2.55. The number of amides is 2. The third-order valence-electron chi connectivity index (χ3n) is 3.46. The normalized spacial score (nSPS) is 13.1. The highest BCUT2D eigenvalue weighted by Gasteiger charge is 2.30. The Bertz CT molecular complexity index is 662. The van der Waals surface area contributed by atoms with Crippen LogP contribution in [0.15, 0.2) is 18.2 Å². The minimum absolute atomic E-state index is 0.178. The second-order valence-electron chi connectivity index (χ2n) is 6.13. The Morgan fingerprint density at radius 3 is 2.20 bits per heavy atom. The van der Waals surface area contributed by atoms with Crippen LogP contribution in [0.3, 0.4) is 0 Å². The Morgan fingerprint density at radius 2 is 1.72 bits per heavy atom. The van der Waals surface area contributed by atoms with Gasteiger partial charge in [-0.3, -0.25) is 9.59 Å². The predicted molar refractivity (Wildman–Crippen MR) is 96.8 cm³/mol. The van der Waals surface area contributed by atoms with Gasteiger partial charge in [-0.1, -0.05) is 37.0 Å². The molecule has 2 atom stereocenters. The summed E-state index contributed by atoms with van der Waals surface area (Å²) in [6.45, 7) is 5.00. The van der Waals surface area contributed by atoms with Crippen molar-refractivity contribution in [3.63, 3.8) is 0 Å². The summed E-state index contributed by atoms with van der Waals surface area (Å²) in [4.78, 5) is 37.9. The van der Waals surface area contributed by atoms with Crippen LogP contribution in [0.25, 0.3) is 0 Å². The standard InChI is InChI=1S/C17H22Cl2N2O4/c1-9(2)14(17(24)25-10(3)16(23)21(4)5)20-15(22)12-7-6-11(18)8-13(12)19/h6-10,14H,1-5H3,(H,20,22)/t10-,14-/m0/s1. The number of hydrogen-bond donors (Lipinski definition) is 1. The molecule has 6 nitrogen and oxygen atoms in total. The summed E-state index contributed by atoms with van der Waals surface area (Å²) in [6, 6.07) is 3.53. The molecule has 0 spiro atoms. The maximum absolute atomic E-state index is 12.4. The molecule has 0 saturated heterocycles. The number of likely N-dealkylation sites (N-methyl/N-ethyl adjacent to an activating group) is 1. The highest BCUT2D eigenvalue weighted by Crippen LogP contribution is 2.21. The Morgan fingerprint density at radius 1 is 1.12 bits per heavy atom. The average molecular weight is 389 g/mol. The zero-order valence-corrected chi connectivity index (χ0v) is 16.3. The van der Waals surface area contributed by atoms with Crippen LogP contribution in [0.5, 0.6) is 0 Å². The van der Waals surface area contributed by atoms with E-state index in [1.165, 1.54) is 30.0 Å². The molecule has 0 unspecified atom stereocenters. The lowest BCUT2D eigenvalue weighted by Gasteiger charge is -2.24. The molecule has 0 heterocycles. The van der Waals surface area contributed by atoms with Gasteiger partial charge in [0.15, 0.2) is 6.10 Å². The van der Waals surface area contributed by atoms with Crippen molar-refractivity contribution in [1.82, 2.24) is 10.2 Å². The maximum Gasteiger partial charge on any atom is 0.329 e. The Balaban J connectivity index is 2.88. The zero-order chi connectivity index (χ0) is 19.3. The lowest BCUT2D eigenvalue weighted by atomic mass is 10.0. The van der Waals surface area contributed by atoms with Gasteiger partial charge in [0, 0.05) is 19.1 Å². The van der Waals surface area contributed by atoms with Gasteiger partial charge < -0.3 is 15.0 Å². The molecule has 1 aromatic carbocycles. The first-order valence-electron chi connectivity index (χ1n) is 7.72. The summed E-state index contributed by atoms with van der Waals surface area (Å²) in [6.07, 6.45) is -0.945. The smallest absolute Gasteiger partial charge is 0.329 e. The van der Waals surface area contributed by atoms with Gasteiger partial charge in [0.1, 0.15) is 6.04 Å². The first-order valence-corrected chi connectivity index (χ1v) is 8.47. The van der Waals surface area contributed by atoms with Gasteiger partial charge in [0.25, 0.3) is 11.8 Å². The van der Waals surface area contributed by atoms with E-state index in [0.717, 1.165) is 0 Å². The SMILES string of the molecule is CC(C)[C@H](NC(=O)c1ccc(Cl)cc1Cl)C(=O)O[C@@H](C)C(=O)N(C)C. The van der Waals surface area contributed by atoms with E-state index >= 15 is 0 Å². The summed E-state index contributed by atoms with van der Waals surface area (Å²) >= 11 is 11.8. The second kappa shape index (κ2) is 9.06. The number of rotatable bonds is 6. The van der Waals surface area contributed by atoms with Gasteiger partial charge in [-0.05, 0) is 31.0 Å². The van der Waals surface area contributed by atoms with Gasteiger partial charge in [-0.2, -0.15) is 0 Å². The van der Waals surface area contributed by atoms with Crippen molar-refractivity contribution >= 4 is 41.0 Å². The summed E-state index contributed by atoms with van der Waals surface area (Å²) in [5, 5.41) is 3.18. The Labute approximate surface area is 157 Å². The highest BCUT2D eigenvalue weighted by atomic mass is 35.5. The Hall–Kier alpha value is -1.79. The third-order valence-corrected chi connectivity index (χ3v) is 4.01. The molecule has 0 fully saturated rings. The number of carbonyl (C=O) groups excluding carboxylic acids is 3. The van der Waals surface area contributed by atoms with E-state index in [9.17, 15) is 14.4 Å². The molecule has 0 bridgehead atoms. The van der Waals surface area contributed by atoms with Crippen LogP contribution in [0.1, 0.15) is 31.1 Å². The Kier molecular flexibility index (Phi) is 7.70. The first kappa shape index (κ1) is 21.3. The molecular formula is C17H22Cl2N2O4. The van der Waals surface area contributed by atoms with Gasteiger partial charge in [-0.25, -0.2) is 4.79 Å². The zero-order valence-electron chi connectivity index (χ0n) is 14.8. The molecule has 0 aliphatic heterocycles. The average Bonchev–Trinajstić information content (AvgIpc) is 2.50. The molecular weight excluding hydrogens is 367 g/mol. The number of ether oxygens (including phenoxy) is 1. The number of halogens is 2. The number of nitrogens with one attached hydrogen (secondary N) is 1. The topological polar surface area (TPSA) is 75.7 Å². The van der Waals surface area contributed by atoms with Crippen LogP contribution in [0, 0.1) is 5.92 Å². The van der Waals surface area contributed by atoms with Crippen molar-refractivity contribution in [2.24, 2.45) is 5.92 Å². The van der Waals surface area contributed by atoms with Crippen LogP contribution in [0.4, 0.5) is 0 Å². The van der Waals surface area contributed by atoms with E-state index in [-0.39, 0.29) is 22.4 Å². The van der Waals surface area contributed by atoms with Gasteiger partial charge in [0.05, 0.1) is 10.6 Å². The minimum Gasteiger partial charge on any atom is -0.451 e. The van der Waals surface area contributed by atoms with Crippen LogP contribution >= 0.6 is 23.2 Å². The van der Waals surface area contributed by atoms with Gasteiger partial charge in [0.2, 0.25) is 0 Å². The van der Waals surface area contributed by atoms with Gasteiger partial charge in [-0.15, -0.1) is 0 Å². The minimum atomic E-state index is -0.945. The van der Waals surface area contributed by atoms with E-state index in [0.29, 0.717) is 5.02 Å². The number of esters is 1. The van der Waals surface area contributed by atoms with Crippen LogP contribution < -0.4 is 5.32 Å². The maximum atomic E-state index is 12.4. The van der Waals surface area contributed by atoms with E-state index in [1.54, 1.807) is 27.9 Å². The lowest BCUT2D eigenvalue weighted by molar-refractivity contribution is -0.160. The molecule has 0 saturated carbocycles. The summed E-state index contributed by atoms with van der Waals surface area (Å²) in [5.74, 6) is -1.80. The van der Waals surface area contributed by atoms with Crippen molar-refractivity contribution in [3.8, 4) is 0 Å². The summed E-state index contributed by atoms with van der Waals surface area (Å²) < 4.78 is 5.18. The summed E-state index contributed by atoms with van der Waals surface area (Å²) in [7, 11) is 3.13. The number of nitrogens with zero attached hydrogens (tertiary/aromatic N) is 1. The van der Waals surface area contributed by atoms with E-state index < -0.39 is 24.0 Å². The number of carbonyl (C=O) groups is 3. The molecule has 8 heteroatoms.